The molecule has 0 saturated heterocycles. The van der Waals surface area contributed by atoms with Crippen LogP contribution in [0.25, 0.3) is 0 Å². The van der Waals surface area contributed by atoms with Crippen molar-refractivity contribution < 1.29 is 116 Å². The minimum atomic E-state index is -6.09. The number of amides is 4. The molecule has 2 aromatic carbocycles. The third kappa shape index (κ3) is 19.5. The number of alkyl halides is 6. The molecule has 4 heterocycles. The Morgan fingerprint density at radius 2 is 0.576 bits per heavy atom. The molecule has 4 N–H and O–H groups in total. The number of hydrogen-bond acceptors (Lipinski definition) is 14. The number of carbonyl (C=O) groups is 4. The minimum Gasteiger partial charge on any atom is -0.741 e. The van der Waals surface area contributed by atoms with Crippen molar-refractivity contribution >= 4 is 66.6 Å². The zero-order chi connectivity index (χ0) is 47.6. The minimum absolute atomic E-state index is 0. The van der Waals surface area contributed by atoms with E-state index in [0.29, 0.717) is 45.0 Å². The molecule has 6 rings (SSSR count). The van der Waals surface area contributed by atoms with Crippen LogP contribution in [0.2, 0.25) is 0 Å². The Labute approximate surface area is 401 Å². The standard InChI is InChI=1S/2C18H14N4O2.2CHF3O3S.2Ag/c2*23-17(13-5-3-9-19-11-13)21-15-7-1-2-8-16(15)22-18(24)14-6-4-10-20-12-14;2*2-1(3,4)8(5,6)7;;/h2*1-12H,(H,21,23)(H,22,24);2*(H,5,6,7);;/q;;;;2*+1/p-2. The van der Waals surface area contributed by atoms with Gasteiger partial charge >= 0.3 is 55.8 Å². The number of benzene rings is 2. The quantitative estimate of drug-likeness (QED) is 0.0584. The molecule has 28 heteroatoms. The summed E-state index contributed by atoms with van der Waals surface area (Å²) in [5.41, 5.74) is -7.53. The Morgan fingerprint density at radius 3 is 0.712 bits per heavy atom. The molecule has 0 saturated carbocycles. The van der Waals surface area contributed by atoms with Gasteiger partial charge in [-0.25, -0.2) is 16.8 Å². The van der Waals surface area contributed by atoms with Gasteiger partial charge in [0, 0.05) is 49.6 Å². The number of nitrogens with zero attached hydrogens (tertiary/aromatic N) is 4. The van der Waals surface area contributed by atoms with Gasteiger partial charge in [-0.15, -0.1) is 0 Å². The van der Waals surface area contributed by atoms with Gasteiger partial charge in [0.1, 0.15) is 0 Å². The second-order valence-electron chi connectivity index (χ2n) is 11.7. The molecule has 4 amide bonds. The molecule has 0 unspecified atom stereocenters. The maximum Gasteiger partial charge on any atom is 1.00 e. The van der Waals surface area contributed by atoms with Gasteiger partial charge in [0.25, 0.3) is 23.6 Å². The second-order valence-corrected chi connectivity index (χ2v) is 14.4. The van der Waals surface area contributed by atoms with E-state index >= 15 is 0 Å². The van der Waals surface area contributed by atoms with Crippen molar-refractivity contribution in [3.05, 3.63) is 169 Å². The van der Waals surface area contributed by atoms with E-state index in [0.717, 1.165) is 0 Å². The third-order valence-corrected chi connectivity index (χ3v) is 8.24. The second kappa shape index (κ2) is 26.7. The topological polar surface area (TPSA) is 282 Å². The molecule has 0 bridgehead atoms. The Bertz CT molecular complexity index is 2410. The van der Waals surface area contributed by atoms with Crippen molar-refractivity contribution in [3.63, 3.8) is 0 Å². The van der Waals surface area contributed by atoms with Gasteiger partial charge < -0.3 is 30.4 Å². The van der Waals surface area contributed by atoms with Gasteiger partial charge in [0.15, 0.2) is 20.2 Å². The summed E-state index contributed by atoms with van der Waals surface area (Å²) < 4.78 is 118. The monoisotopic (exact) mass is 1150 g/mol. The Kier molecular flexibility index (Phi) is 23.4. The average molecular weight is 1150 g/mol. The van der Waals surface area contributed by atoms with Crippen LogP contribution in [0.3, 0.4) is 0 Å². The van der Waals surface area contributed by atoms with Gasteiger partial charge in [0.2, 0.25) is 0 Å². The number of para-hydroxylation sites is 4. The Balaban J connectivity index is 0.000000488. The van der Waals surface area contributed by atoms with Crippen molar-refractivity contribution in [2.75, 3.05) is 21.3 Å². The third-order valence-electron chi connectivity index (χ3n) is 7.11. The normalized spacial score (nSPS) is 10.7. The Morgan fingerprint density at radius 1 is 0.394 bits per heavy atom. The fraction of sp³-hybridized carbons (Fsp3) is 0.0526. The predicted molar refractivity (Wildman–Crippen MR) is 213 cm³/mol. The molecule has 0 aliphatic heterocycles. The Hall–Kier alpha value is -6.20. The van der Waals surface area contributed by atoms with Crippen LogP contribution in [0, 0.1) is 0 Å². The summed E-state index contributed by atoms with van der Waals surface area (Å²) in [4.78, 5) is 64.7. The molecular weight excluding hydrogens is 1120 g/mol. The van der Waals surface area contributed by atoms with Crippen molar-refractivity contribution in [3.8, 4) is 0 Å². The van der Waals surface area contributed by atoms with Crippen molar-refractivity contribution in [2.24, 2.45) is 0 Å². The van der Waals surface area contributed by atoms with E-state index in [-0.39, 0.29) is 68.4 Å². The van der Waals surface area contributed by atoms with Crippen LogP contribution in [0.5, 0.6) is 0 Å². The van der Waals surface area contributed by atoms with Crippen LogP contribution in [0.4, 0.5) is 49.1 Å². The zero-order valence-electron chi connectivity index (χ0n) is 32.4. The largest absolute Gasteiger partial charge is 1.00 e. The summed E-state index contributed by atoms with van der Waals surface area (Å²) in [5.74, 6) is -1.20. The fourth-order valence-corrected chi connectivity index (χ4v) is 4.17. The van der Waals surface area contributed by atoms with Crippen LogP contribution >= 0.6 is 0 Å². The molecule has 0 aliphatic carbocycles. The first-order valence-corrected chi connectivity index (χ1v) is 19.9. The van der Waals surface area contributed by atoms with Gasteiger partial charge in [-0.05, 0) is 72.8 Å². The summed E-state index contributed by atoms with van der Waals surface area (Å²) in [6, 6.07) is 27.4. The van der Waals surface area contributed by atoms with Gasteiger partial charge in [-0.1, -0.05) is 24.3 Å². The first-order chi connectivity index (χ1) is 30.0. The van der Waals surface area contributed by atoms with E-state index in [1.54, 1.807) is 122 Å². The molecule has 66 heavy (non-hydrogen) atoms. The molecule has 0 fully saturated rings. The maximum absolute atomic E-state index is 12.2. The molecule has 6 aromatic rings. The van der Waals surface area contributed by atoms with E-state index in [4.69, 9.17) is 25.9 Å². The first kappa shape index (κ1) is 57.8. The maximum atomic E-state index is 12.2. The molecular formula is C38H28Ag2F6N8O10S2. The van der Waals surface area contributed by atoms with Crippen LogP contribution in [-0.2, 0) is 65.0 Å². The van der Waals surface area contributed by atoms with E-state index in [1.807, 2.05) is 0 Å². The number of anilines is 4. The molecule has 0 spiro atoms. The van der Waals surface area contributed by atoms with Crippen molar-refractivity contribution in [1.82, 2.24) is 19.9 Å². The van der Waals surface area contributed by atoms with E-state index in [2.05, 4.69) is 41.2 Å². The van der Waals surface area contributed by atoms with Crippen LogP contribution in [-0.4, -0.2) is 80.5 Å². The zero-order valence-corrected chi connectivity index (χ0v) is 37.0. The van der Waals surface area contributed by atoms with Crippen molar-refractivity contribution in [2.45, 2.75) is 11.0 Å². The fourth-order valence-electron chi connectivity index (χ4n) is 4.17. The van der Waals surface area contributed by atoms with Gasteiger partial charge in [-0.2, -0.15) is 26.3 Å². The molecule has 18 nitrogen and oxygen atoms in total. The number of hydrogen-bond donors (Lipinski definition) is 4. The van der Waals surface area contributed by atoms with Crippen LogP contribution < -0.4 is 21.3 Å². The molecule has 356 valence electrons. The summed E-state index contributed by atoms with van der Waals surface area (Å²) in [7, 11) is -12.2. The number of halogens is 6. The SMILES string of the molecule is O=C(Nc1ccccc1NC(=O)c1cccnc1)c1cccnc1.O=C(Nc1ccccc1NC(=O)c1cccnc1)c1cccnc1.O=S(=O)([O-])C(F)(F)F.O=S(=O)([O-])C(F)(F)F.[Ag+].[Ag+]. The first-order valence-electron chi connectivity index (χ1n) is 17.1. The number of rotatable bonds is 8. The molecule has 0 atom stereocenters. The van der Waals surface area contributed by atoms with Crippen LogP contribution in [0.1, 0.15) is 41.4 Å². The van der Waals surface area contributed by atoms with Gasteiger partial charge in [0.05, 0.1) is 45.0 Å². The summed E-state index contributed by atoms with van der Waals surface area (Å²) in [6.07, 6.45) is 12.3. The average Bonchev–Trinajstić information content (AvgIpc) is 3.25. The smallest absolute Gasteiger partial charge is 0.741 e. The molecule has 0 radical (unpaired) electrons. The summed E-state index contributed by atoms with van der Waals surface area (Å²) >= 11 is 0. The summed E-state index contributed by atoms with van der Waals surface area (Å²) in [6.45, 7) is 0. The number of nitrogens with one attached hydrogen (secondary N) is 4. The van der Waals surface area contributed by atoms with Crippen LogP contribution in [0.15, 0.2) is 147 Å². The van der Waals surface area contributed by atoms with E-state index in [9.17, 15) is 45.5 Å². The van der Waals surface area contributed by atoms with E-state index in [1.165, 1.54) is 24.8 Å². The number of pyridine rings is 4. The molecule has 4 aromatic heterocycles. The number of aromatic nitrogens is 4. The predicted octanol–water partition coefficient (Wildman–Crippen LogP) is 6.06. The number of carbonyl (C=O) groups excluding carboxylic acids is 4. The summed E-state index contributed by atoms with van der Waals surface area (Å²) in [5, 5.41) is 11.1. The molecule has 0 aliphatic rings. The van der Waals surface area contributed by atoms with Gasteiger partial charge in [-0.3, -0.25) is 39.1 Å². The van der Waals surface area contributed by atoms with E-state index < -0.39 is 31.3 Å². The van der Waals surface area contributed by atoms with Crippen molar-refractivity contribution in [1.29, 1.82) is 0 Å².